The van der Waals surface area contributed by atoms with Crippen molar-refractivity contribution in [3.8, 4) is 0 Å². The average Bonchev–Trinajstić information content (AvgIpc) is 2.50. The van der Waals surface area contributed by atoms with Crippen LogP contribution in [0.4, 0.5) is 5.69 Å². The first kappa shape index (κ1) is 18.8. The fraction of sp³-hybridized carbons (Fsp3) is 0.611. The van der Waals surface area contributed by atoms with Crippen LogP contribution in [0.3, 0.4) is 0 Å². The van der Waals surface area contributed by atoms with Crippen molar-refractivity contribution >= 4 is 29.3 Å². The smallest absolute Gasteiger partial charge is 0.241 e. The van der Waals surface area contributed by atoms with Gasteiger partial charge in [0.25, 0.3) is 0 Å². The minimum absolute atomic E-state index is 0.00125. The number of hydrogen-bond acceptors (Lipinski definition) is 4. The van der Waals surface area contributed by atoms with Crippen molar-refractivity contribution in [3.63, 3.8) is 0 Å². The van der Waals surface area contributed by atoms with Crippen LogP contribution in [-0.2, 0) is 9.59 Å². The van der Waals surface area contributed by atoms with Gasteiger partial charge in [-0.15, -0.1) is 0 Å². The van der Waals surface area contributed by atoms with Gasteiger partial charge in [0.05, 0.1) is 10.9 Å². The number of carbonyl (C=O) groups is 2. The largest absolute Gasteiger partial charge is 0.351 e. The van der Waals surface area contributed by atoms with E-state index in [1.807, 2.05) is 32.9 Å². The van der Waals surface area contributed by atoms with E-state index >= 15 is 0 Å². The summed E-state index contributed by atoms with van der Waals surface area (Å²) in [4.78, 5) is 31.4. The second-order valence-electron chi connectivity index (χ2n) is 7.27. The summed E-state index contributed by atoms with van der Waals surface area (Å²) in [5.41, 5.74) is 0.597. The van der Waals surface area contributed by atoms with Crippen molar-refractivity contribution in [2.24, 2.45) is 5.92 Å². The van der Waals surface area contributed by atoms with Crippen LogP contribution in [0, 0.1) is 5.92 Å². The molecule has 2 amide bonds. The van der Waals surface area contributed by atoms with Crippen molar-refractivity contribution in [1.82, 2.24) is 10.3 Å². The summed E-state index contributed by atoms with van der Waals surface area (Å²) < 4.78 is 0. The minimum Gasteiger partial charge on any atom is -0.351 e. The predicted molar refractivity (Wildman–Crippen MR) is 98.2 cm³/mol. The quantitative estimate of drug-likeness (QED) is 0.856. The molecule has 0 aliphatic carbocycles. The maximum atomic E-state index is 12.9. The van der Waals surface area contributed by atoms with Crippen LogP contribution in [0.15, 0.2) is 23.4 Å². The first-order valence-corrected chi connectivity index (χ1v) is 9.35. The molecule has 6 heteroatoms. The van der Waals surface area contributed by atoms with Crippen molar-refractivity contribution in [2.75, 3.05) is 11.4 Å². The lowest BCUT2D eigenvalue weighted by Gasteiger charge is -2.34. The number of fused-ring (bicyclic) bond motifs is 1. The summed E-state index contributed by atoms with van der Waals surface area (Å²) in [6, 6.07) is 3.77. The Hall–Kier alpha value is -1.56. The van der Waals surface area contributed by atoms with Crippen molar-refractivity contribution in [3.05, 3.63) is 18.3 Å². The highest BCUT2D eigenvalue weighted by molar-refractivity contribution is 8.00. The molecule has 1 aliphatic heterocycles. The molecule has 0 radical (unpaired) electrons. The summed E-state index contributed by atoms with van der Waals surface area (Å²) in [6.07, 6.45) is 2.75. The number of thioether (sulfide) groups is 1. The van der Waals surface area contributed by atoms with Crippen LogP contribution >= 0.6 is 11.8 Å². The Labute approximate surface area is 148 Å². The molecule has 0 fully saturated rings. The van der Waals surface area contributed by atoms with Gasteiger partial charge in [0.1, 0.15) is 5.03 Å². The molecule has 0 unspecified atom stereocenters. The van der Waals surface area contributed by atoms with E-state index in [-0.39, 0.29) is 23.8 Å². The van der Waals surface area contributed by atoms with E-state index in [4.69, 9.17) is 0 Å². The number of anilines is 1. The third kappa shape index (κ3) is 4.50. The summed E-state index contributed by atoms with van der Waals surface area (Å²) in [5.74, 6) is 0.258. The third-order valence-corrected chi connectivity index (χ3v) is 5.31. The van der Waals surface area contributed by atoms with Gasteiger partial charge >= 0.3 is 0 Å². The summed E-state index contributed by atoms with van der Waals surface area (Å²) in [6.45, 7) is 10.8. The number of pyridine rings is 1. The molecule has 1 aromatic heterocycles. The van der Waals surface area contributed by atoms with Gasteiger partial charge in [-0.1, -0.05) is 32.5 Å². The molecule has 1 atom stereocenters. The zero-order valence-corrected chi connectivity index (χ0v) is 15.9. The SMILES string of the molecule is CCC(C)(C)NC(=O)C[C@H]1Sc2ncccc2N(CC(C)C)C1=O. The zero-order valence-electron chi connectivity index (χ0n) is 15.1. The first-order chi connectivity index (χ1) is 11.2. The van der Waals surface area contributed by atoms with Crippen LogP contribution in [0.5, 0.6) is 0 Å². The molecule has 1 aliphatic rings. The highest BCUT2D eigenvalue weighted by atomic mass is 32.2. The Morgan fingerprint density at radius 1 is 1.46 bits per heavy atom. The molecular formula is C18H27N3O2S. The topological polar surface area (TPSA) is 62.3 Å². The van der Waals surface area contributed by atoms with Crippen molar-refractivity contribution in [2.45, 2.75) is 63.3 Å². The number of rotatable bonds is 6. The van der Waals surface area contributed by atoms with E-state index in [2.05, 4.69) is 24.1 Å². The molecular weight excluding hydrogens is 322 g/mol. The molecule has 5 nitrogen and oxygen atoms in total. The molecule has 0 bridgehead atoms. The van der Waals surface area contributed by atoms with Gasteiger partial charge in [-0.3, -0.25) is 9.59 Å². The lowest BCUT2D eigenvalue weighted by molar-refractivity contribution is -0.126. The maximum Gasteiger partial charge on any atom is 0.241 e. The molecule has 1 N–H and O–H groups in total. The van der Waals surface area contributed by atoms with Crippen molar-refractivity contribution < 1.29 is 9.59 Å². The second-order valence-corrected chi connectivity index (χ2v) is 8.46. The Bertz CT molecular complexity index is 616. The highest BCUT2D eigenvalue weighted by Crippen LogP contribution is 2.39. The van der Waals surface area contributed by atoms with Crippen LogP contribution in [0.25, 0.3) is 0 Å². The lowest BCUT2D eigenvalue weighted by Crippen LogP contribution is -2.47. The third-order valence-electron chi connectivity index (χ3n) is 4.12. The van der Waals surface area contributed by atoms with E-state index in [9.17, 15) is 9.59 Å². The zero-order chi connectivity index (χ0) is 17.9. The number of aromatic nitrogens is 1. The molecule has 0 spiro atoms. The molecule has 0 saturated heterocycles. The molecule has 132 valence electrons. The Kier molecular flexibility index (Phi) is 5.91. The fourth-order valence-corrected chi connectivity index (χ4v) is 3.68. The summed E-state index contributed by atoms with van der Waals surface area (Å²) >= 11 is 1.39. The van der Waals surface area contributed by atoms with E-state index in [1.54, 1.807) is 11.1 Å². The summed E-state index contributed by atoms with van der Waals surface area (Å²) in [7, 11) is 0. The molecule has 0 aromatic carbocycles. The van der Waals surface area contributed by atoms with E-state index < -0.39 is 5.25 Å². The van der Waals surface area contributed by atoms with Crippen LogP contribution in [-0.4, -0.2) is 34.1 Å². The molecule has 24 heavy (non-hydrogen) atoms. The minimum atomic E-state index is -0.418. The lowest BCUT2D eigenvalue weighted by atomic mass is 10.0. The van der Waals surface area contributed by atoms with Crippen LogP contribution in [0.2, 0.25) is 0 Å². The van der Waals surface area contributed by atoms with Gasteiger partial charge in [-0.25, -0.2) is 4.98 Å². The Balaban J connectivity index is 2.18. The van der Waals surface area contributed by atoms with E-state index in [0.717, 1.165) is 17.1 Å². The summed E-state index contributed by atoms with van der Waals surface area (Å²) in [5, 5.41) is 3.42. The monoisotopic (exact) mass is 349 g/mol. The molecule has 1 aromatic rings. The normalized spacial score (nSPS) is 17.8. The van der Waals surface area contributed by atoms with Gasteiger partial charge in [0.15, 0.2) is 0 Å². The Morgan fingerprint density at radius 3 is 2.79 bits per heavy atom. The van der Waals surface area contributed by atoms with Gasteiger partial charge in [-0.2, -0.15) is 0 Å². The second kappa shape index (κ2) is 7.55. The maximum absolute atomic E-state index is 12.9. The number of carbonyl (C=O) groups excluding carboxylic acids is 2. The average molecular weight is 350 g/mol. The van der Waals surface area contributed by atoms with Crippen LogP contribution < -0.4 is 10.2 Å². The standard InChI is InChI=1S/C18H27N3O2S/c1-6-18(4,5)20-15(22)10-14-17(23)21(11-12(2)3)13-8-7-9-19-16(13)24-14/h7-9,12,14H,6,10-11H2,1-5H3,(H,20,22)/t14-/m1/s1. The van der Waals surface area contributed by atoms with Gasteiger partial charge in [0, 0.05) is 24.7 Å². The van der Waals surface area contributed by atoms with Gasteiger partial charge < -0.3 is 10.2 Å². The van der Waals surface area contributed by atoms with Gasteiger partial charge in [-0.05, 0) is 38.3 Å². The van der Waals surface area contributed by atoms with Crippen LogP contribution in [0.1, 0.15) is 47.5 Å². The van der Waals surface area contributed by atoms with Gasteiger partial charge in [0.2, 0.25) is 11.8 Å². The number of hydrogen-bond donors (Lipinski definition) is 1. The predicted octanol–water partition coefficient (Wildman–Crippen LogP) is 3.24. The van der Waals surface area contributed by atoms with E-state index in [0.29, 0.717) is 12.5 Å². The highest BCUT2D eigenvalue weighted by Gasteiger charge is 2.36. The fourth-order valence-electron chi connectivity index (χ4n) is 2.52. The van der Waals surface area contributed by atoms with Crippen molar-refractivity contribution in [1.29, 1.82) is 0 Å². The van der Waals surface area contributed by atoms with E-state index in [1.165, 1.54) is 11.8 Å². The number of nitrogens with one attached hydrogen (secondary N) is 1. The number of nitrogens with zero attached hydrogens (tertiary/aromatic N) is 2. The molecule has 2 heterocycles. The molecule has 0 saturated carbocycles. The molecule has 2 rings (SSSR count). The Morgan fingerprint density at radius 2 is 2.17 bits per heavy atom. The number of amides is 2. The first-order valence-electron chi connectivity index (χ1n) is 8.47.